The number of anilines is 1. The molecule has 2 bridgehead atoms. The van der Waals surface area contributed by atoms with Crippen molar-refractivity contribution in [1.29, 1.82) is 0 Å². The number of aliphatic hydroxyl groups excluding tert-OH is 1. The van der Waals surface area contributed by atoms with Crippen molar-refractivity contribution in [2.24, 2.45) is 21.6 Å². The first kappa shape index (κ1) is 58.4. The number of aromatic nitrogens is 1. The summed E-state index contributed by atoms with van der Waals surface area (Å²) in [7, 11) is 2.05. The van der Waals surface area contributed by atoms with Crippen molar-refractivity contribution in [3.8, 4) is 11.8 Å². The predicted octanol–water partition coefficient (Wildman–Crippen LogP) is 5.13. The number of carbonyl (C=O) groups is 4. The SMILES string of the molecule is COC(=O)N[C@H](C(=O)NN(Cc1ccc(C(N)=CC=NC(F)F)cc1)C[C@H](O)[C@H](Cc1ccc(C#Cc2ccc(N3CC4CCC(C3)N4C3COC3)nc2)cc1)NC(=O)[C@@H](NC(=O)OC)C(C)(C)C(F)(F)F)C(C)(C)C. The Labute approximate surface area is 438 Å². The number of halogens is 5. The van der Waals surface area contributed by atoms with E-state index in [0.717, 1.165) is 79.2 Å². The maximum Gasteiger partial charge on any atom is 0.407 e. The molecular weight excluding hydrogens is 1000 g/mol. The highest BCUT2D eigenvalue weighted by molar-refractivity contribution is 5.87. The number of pyridine rings is 1. The zero-order chi connectivity index (χ0) is 55.5. The molecule has 0 radical (unpaired) electrons. The van der Waals surface area contributed by atoms with Crippen LogP contribution in [-0.4, -0.2) is 152 Å². The minimum atomic E-state index is -5.02. The summed E-state index contributed by atoms with van der Waals surface area (Å²) in [5.41, 5.74) is 7.90. The number of alkyl halides is 5. The molecule has 412 valence electrons. The van der Waals surface area contributed by atoms with E-state index in [2.05, 4.69) is 47.4 Å². The molecule has 4 heterocycles. The van der Waals surface area contributed by atoms with E-state index < -0.39 is 78.3 Å². The van der Waals surface area contributed by atoms with Crippen LogP contribution in [-0.2, 0) is 36.8 Å². The number of hydrogen-bond donors (Lipinski definition) is 6. The van der Waals surface area contributed by atoms with Gasteiger partial charge in [0.15, 0.2) is 0 Å². The number of rotatable bonds is 19. The molecule has 3 aliphatic rings. The Morgan fingerprint density at radius 1 is 0.842 bits per heavy atom. The number of piperazine rings is 1. The number of allylic oxidation sites excluding steroid dienone is 1. The lowest BCUT2D eigenvalue weighted by molar-refractivity contribution is -0.220. The first-order chi connectivity index (χ1) is 35.9. The van der Waals surface area contributed by atoms with Gasteiger partial charge in [0, 0.05) is 67.5 Å². The number of hydrazine groups is 1. The second-order valence-corrected chi connectivity index (χ2v) is 20.6. The lowest BCUT2D eigenvalue weighted by atomic mass is 9.82. The molecule has 23 heteroatoms. The molecule has 3 aliphatic heterocycles. The van der Waals surface area contributed by atoms with E-state index in [1.807, 2.05) is 17.4 Å². The van der Waals surface area contributed by atoms with Crippen molar-refractivity contribution >= 4 is 41.7 Å². The largest absolute Gasteiger partial charge is 0.453 e. The molecule has 2 aromatic carbocycles. The van der Waals surface area contributed by atoms with Crippen molar-refractivity contribution < 1.29 is 60.4 Å². The number of aliphatic imine (C=N–C) groups is 1. The number of fused-ring (bicyclic) bond motifs is 2. The number of amides is 4. The van der Waals surface area contributed by atoms with E-state index in [1.165, 1.54) is 11.1 Å². The highest BCUT2D eigenvalue weighted by Crippen LogP contribution is 2.41. The summed E-state index contributed by atoms with van der Waals surface area (Å²) in [6, 6.07) is 13.6. The van der Waals surface area contributed by atoms with Crippen LogP contribution in [0.2, 0.25) is 0 Å². The first-order valence-electron chi connectivity index (χ1n) is 24.7. The van der Waals surface area contributed by atoms with E-state index in [1.54, 1.807) is 75.5 Å². The summed E-state index contributed by atoms with van der Waals surface area (Å²) in [6.45, 7) is 6.34. The van der Waals surface area contributed by atoms with Crippen molar-refractivity contribution in [2.45, 2.75) is 116 Å². The number of alkyl carbamates (subject to hydrolysis) is 2. The van der Waals surface area contributed by atoms with Gasteiger partial charge in [0.05, 0.1) is 51.0 Å². The minimum Gasteiger partial charge on any atom is -0.453 e. The summed E-state index contributed by atoms with van der Waals surface area (Å²) in [5, 5.41) is 20.5. The van der Waals surface area contributed by atoms with Crippen LogP contribution in [0.1, 0.15) is 75.3 Å². The van der Waals surface area contributed by atoms with E-state index in [-0.39, 0.29) is 18.7 Å². The van der Waals surface area contributed by atoms with Crippen molar-refractivity contribution in [2.75, 3.05) is 52.0 Å². The van der Waals surface area contributed by atoms with E-state index in [9.17, 15) is 46.2 Å². The van der Waals surface area contributed by atoms with Gasteiger partial charge < -0.3 is 45.9 Å². The molecule has 76 heavy (non-hydrogen) atoms. The summed E-state index contributed by atoms with van der Waals surface area (Å²) in [4.78, 5) is 65.6. The van der Waals surface area contributed by atoms with Gasteiger partial charge in [-0.05, 0) is 85.6 Å². The molecular formula is C53H67F5N10O8. The number of carbonyl (C=O) groups excluding carboxylic acids is 4. The Morgan fingerprint density at radius 3 is 1.95 bits per heavy atom. The van der Waals surface area contributed by atoms with Crippen LogP contribution in [0, 0.1) is 22.7 Å². The van der Waals surface area contributed by atoms with E-state index in [4.69, 9.17) is 20.2 Å². The molecule has 0 spiro atoms. The van der Waals surface area contributed by atoms with Gasteiger partial charge in [-0.3, -0.25) is 19.9 Å². The van der Waals surface area contributed by atoms with Crippen molar-refractivity contribution in [1.82, 2.24) is 36.3 Å². The number of benzene rings is 2. The third kappa shape index (κ3) is 15.4. The Kier molecular flexibility index (Phi) is 19.4. The molecule has 7 N–H and O–H groups in total. The number of hydrogen-bond acceptors (Lipinski definition) is 14. The highest BCUT2D eigenvalue weighted by atomic mass is 19.4. The quantitative estimate of drug-likeness (QED) is 0.0302. The maximum absolute atomic E-state index is 14.6. The maximum atomic E-state index is 14.6. The number of nitrogens with two attached hydrogens (primary N) is 1. The Balaban J connectivity index is 1.25. The van der Waals surface area contributed by atoms with Crippen LogP contribution in [0.15, 0.2) is 77.9 Å². The average molecular weight is 1070 g/mol. The van der Waals surface area contributed by atoms with E-state index >= 15 is 0 Å². The van der Waals surface area contributed by atoms with E-state index in [0.29, 0.717) is 45.9 Å². The molecule has 0 aliphatic carbocycles. The molecule has 6 rings (SSSR count). The van der Waals surface area contributed by atoms with Gasteiger partial charge >= 0.3 is 24.9 Å². The van der Waals surface area contributed by atoms with Crippen LogP contribution < -0.4 is 32.0 Å². The second-order valence-electron chi connectivity index (χ2n) is 20.6. The molecule has 3 fully saturated rings. The van der Waals surface area contributed by atoms with Crippen LogP contribution in [0.5, 0.6) is 0 Å². The fraction of sp³-hybridized carbons (Fsp3) is 0.509. The topological polar surface area (TPSA) is 225 Å². The first-order valence-corrected chi connectivity index (χ1v) is 24.7. The van der Waals surface area contributed by atoms with Gasteiger partial charge in [-0.15, -0.1) is 0 Å². The smallest absolute Gasteiger partial charge is 0.407 e. The van der Waals surface area contributed by atoms with Gasteiger partial charge in [0.25, 0.3) is 5.91 Å². The summed E-state index contributed by atoms with van der Waals surface area (Å²) in [5.74, 6) is 5.09. The van der Waals surface area contributed by atoms with Gasteiger partial charge in [-0.2, -0.15) is 22.0 Å². The monoisotopic (exact) mass is 1070 g/mol. The average Bonchev–Trinajstić information content (AvgIpc) is 3.58. The summed E-state index contributed by atoms with van der Waals surface area (Å²) < 4.78 is 83.6. The zero-order valence-corrected chi connectivity index (χ0v) is 43.5. The number of methoxy groups -OCH3 is 2. The Morgan fingerprint density at radius 2 is 1.42 bits per heavy atom. The Hall–Kier alpha value is -6.87. The van der Waals surface area contributed by atoms with Crippen molar-refractivity contribution in [3.63, 3.8) is 0 Å². The number of nitrogens with one attached hydrogen (secondary N) is 4. The minimum absolute atomic E-state index is 0.111. The highest BCUT2D eigenvalue weighted by Gasteiger charge is 2.56. The van der Waals surface area contributed by atoms with Crippen LogP contribution >= 0.6 is 0 Å². The zero-order valence-electron chi connectivity index (χ0n) is 43.5. The van der Waals surface area contributed by atoms with Gasteiger partial charge in [0.1, 0.15) is 17.9 Å². The lowest BCUT2D eigenvalue weighted by Gasteiger charge is -2.47. The van der Waals surface area contributed by atoms with Crippen LogP contribution in [0.25, 0.3) is 5.70 Å². The van der Waals surface area contributed by atoms with Gasteiger partial charge in [-0.1, -0.05) is 69.0 Å². The third-order valence-corrected chi connectivity index (χ3v) is 13.7. The number of aliphatic hydroxyl groups is 1. The summed E-state index contributed by atoms with van der Waals surface area (Å²) in [6.07, 6.45) is -2.99. The molecule has 3 saturated heterocycles. The number of ether oxygens (including phenoxy) is 3. The molecule has 1 aromatic heterocycles. The number of nitrogens with zero attached hydrogens (tertiary/aromatic N) is 5. The third-order valence-electron chi connectivity index (χ3n) is 13.7. The Bertz CT molecular complexity index is 2580. The molecule has 18 nitrogen and oxygen atoms in total. The van der Waals surface area contributed by atoms with Crippen LogP contribution in [0.4, 0.5) is 37.4 Å². The molecule has 0 saturated carbocycles. The molecule has 4 amide bonds. The second kappa shape index (κ2) is 25.3. The standard InChI is InChI=1S/C53H67F5N10O8/c1-51(2,3)44(63-49(72)74-6)47(71)65-67(26-35-14-17-36(18-15-35)40(59)22-23-60-48(54)55)29-42(69)41(62-46(70)45(64-50(73)75-7)52(4,5)53(56,57)58)24-33-11-8-32(9-12-33)10-13-34-16-21-43(61-25-34)66-27-37-19-20-38(28-66)68(37)39-30-76-31-39/h8-9,11-12,14-18,21-23,25,37-39,41-42,44-45,48,69H,19-20,24,26-31,59H2,1-7H3,(H,62,70)(H,63,72)(H,64,73)(H,65,71)/t37?,38?,41-,42-,44+,45+/m0/s1. The fourth-order valence-corrected chi connectivity index (χ4v) is 9.23. The molecule has 2 unspecified atom stereocenters. The van der Waals surface area contributed by atoms with Crippen LogP contribution in [0.3, 0.4) is 0 Å². The normalized spacial score (nSPS) is 19.0. The van der Waals surface area contributed by atoms with Gasteiger partial charge in [0.2, 0.25) is 5.91 Å². The van der Waals surface area contributed by atoms with Gasteiger partial charge in [-0.25, -0.2) is 24.6 Å². The molecule has 6 atom stereocenters. The molecule has 3 aromatic rings. The van der Waals surface area contributed by atoms with Crippen molar-refractivity contribution in [3.05, 3.63) is 101 Å². The summed E-state index contributed by atoms with van der Waals surface area (Å²) >= 11 is 0. The fourth-order valence-electron chi connectivity index (χ4n) is 9.23. The lowest BCUT2D eigenvalue weighted by Crippen LogP contribution is -2.63. The predicted molar refractivity (Wildman–Crippen MR) is 273 cm³/mol.